The van der Waals surface area contributed by atoms with Crippen molar-refractivity contribution in [1.82, 2.24) is 0 Å². The highest BCUT2D eigenvalue weighted by Gasteiger charge is 2.22. The molecule has 1 aromatic heterocycles. The molecule has 0 aliphatic carbocycles. The van der Waals surface area contributed by atoms with E-state index in [1.54, 1.807) is 6.26 Å². The van der Waals surface area contributed by atoms with Crippen LogP contribution in [0.15, 0.2) is 53.1 Å². The fraction of sp³-hybridized carbons (Fsp3) is 0.444. The summed E-state index contributed by atoms with van der Waals surface area (Å²) in [5.41, 5.74) is 1.41. The van der Waals surface area contributed by atoms with E-state index >= 15 is 0 Å². The lowest BCUT2D eigenvalue weighted by molar-refractivity contribution is -0.907. The summed E-state index contributed by atoms with van der Waals surface area (Å²) >= 11 is 0. The first kappa shape index (κ1) is 14.9. The standard InChI is InChI=1S/C18H26NO/c1-4-16(13-18-11-8-12-20-18)14-19(2,3)15-17-9-6-5-7-10-17/h5-12,16H,4,13-15H2,1-3H3/q+1. The van der Waals surface area contributed by atoms with E-state index in [2.05, 4.69) is 57.4 Å². The van der Waals surface area contributed by atoms with Gasteiger partial charge >= 0.3 is 0 Å². The predicted octanol–water partition coefficient (Wildman–Crippen LogP) is 4.12. The monoisotopic (exact) mass is 272 g/mol. The Morgan fingerprint density at radius 2 is 1.80 bits per heavy atom. The molecule has 0 bridgehead atoms. The highest BCUT2D eigenvalue weighted by molar-refractivity contribution is 5.13. The van der Waals surface area contributed by atoms with Gasteiger partial charge in [-0.3, -0.25) is 0 Å². The molecule has 0 radical (unpaired) electrons. The van der Waals surface area contributed by atoms with Crippen molar-refractivity contribution in [3.05, 3.63) is 60.1 Å². The van der Waals surface area contributed by atoms with Gasteiger partial charge in [0.05, 0.1) is 26.9 Å². The Hall–Kier alpha value is -1.54. The molecule has 0 aliphatic heterocycles. The van der Waals surface area contributed by atoms with Crippen LogP contribution in [0.2, 0.25) is 0 Å². The molecule has 0 saturated heterocycles. The Labute approximate surface area is 122 Å². The van der Waals surface area contributed by atoms with E-state index in [0.29, 0.717) is 5.92 Å². The van der Waals surface area contributed by atoms with E-state index in [1.165, 1.54) is 18.5 Å². The van der Waals surface area contributed by atoms with E-state index < -0.39 is 0 Å². The van der Waals surface area contributed by atoms with Crippen molar-refractivity contribution in [1.29, 1.82) is 0 Å². The normalized spacial score (nSPS) is 13.3. The summed E-state index contributed by atoms with van der Waals surface area (Å²) in [5.74, 6) is 1.77. The average molecular weight is 272 g/mol. The van der Waals surface area contributed by atoms with Crippen LogP contribution in [0.25, 0.3) is 0 Å². The zero-order chi connectivity index (χ0) is 14.4. The second-order valence-electron chi connectivity index (χ2n) is 6.32. The lowest BCUT2D eigenvalue weighted by atomic mass is 9.99. The third-order valence-corrected chi connectivity index (χ3v) is 3.85. The van der Waals surface area contributed by atoms with Crippen molar-refractivity contribution in [2.45, 2.75) is 26.3 Å². The maximum atomic E-state index is 5.49. The molecule has 1 aromatic carbocycles. The molecule has 20 heavy (non-hydrogen) atoms. The smallest absolute Gasteiger partial charge is 0.104 e. The van der Waals surface area contributed by atoms with Crippen molar-refractivity contribution in [2.75, 3.05) is 20.6 Å². The number of rotatable bonds is 7. The van der Waals surface area contributed by atoms with Gasteiger partial charge in [0.1, 0.15) is 12.3 Å². The van der Waals surface area contributed by atoms with Crippen LogP contribution in [0.4, 0.5) is 0 Å². The van der Waals surface area contributed by atoms with Gasteiger partial charge in [-0.25, -0.2) is 0 Å². The zero-order valence-corrected chi connectivity index (χ0v) is 12.9. The third kappa shape index (κ3) is 4.53. The Morgan fingerprint density at radius 1 is 1.05 bits per heavy atom. The number of hydrogen-bond acceptors (Lipinski definition) is 1. The topological polar surface area (TPSA) is 13.1 Å². The van der Waals surface area contributed by atoms with Crippen LogP contribution in [-0.4, -0.2) is 25.1 Å². The molecule has 2 nitrogen and oxygen atoms in total. The van der Waals surface area contributed by atoms with E-state index in [-0.39, 0.29) is 0 Å². The highest BCUT2D eigenvalue weighted by atomic mass is 16.3. The summed E-state index contributed by atoms with van der Waals surface area (Å²) < 4.78 is 6.51. The van der Waals surface area contributed by atoms with Crippen LogP contribution in [-0.2, 0) is 13.0 Å². The number of nitrogens with zero attached hydrogens (tertiary/aromatic N) is 1. The lowest BCUT2D eigenvalue weighted by Gasteiger charge is -2.33. The number of quaternary nitrogens is 1. The molecule has 108 valence electrons. The van der Waals surface area contributed by atoms with Crippen LogP contribution in [0.5, 0.6) is 0 Å². The summed E-state index contributed by atoms with van der Waals surface area (Å²) in [6.45, 7) is 4.53. The average Bonchev–Trinajstić information content (AvgIpc) is 2.91. The summed E-state index contributed by atoms with van der Waals surface area (Å²) in [4.78, 5) is 0. The van der Waals surface area contributed by atoms with Gasteiger partial charge in [-0.2, -0.15) is 0 Å². The molecule has 2 aromatic rings. The first-order valence-electron chi connectivity index (χ1n) is 7.47. The molecule has 0 N–H and O–H groups in total. The fourth-order valence-corrected chi connectivity index (χ4v) is 2.89. The molecule has 0 fully saturated rings. The number of benzene rings is 1. The van der Waals surface area contributed by atoms with Gasteiger partial charge < -0.3 is 8.90 Å². The summed E-state index contributed by atoms with van der Waals surface area (Å²) in [6, 6.07) is 14.8. The first-order chi connectivity index (χ1) is 9.59. The Balaban J connectivity index is 1.94. The molecule has 2 heteroatoms. The van der Waals surface area contributed by atoms with Gasteiger partial charge in [0.2, 0.25) is 0 Å². The van der Waals surface area contributed by atoms with E-state index in [1.807, 2.05) is 6.07 Å². The van der Waals surface area contributed by atoms with Crippen LogP contribution in [0.1, 0.15) is 24.7 Å². The molecule has 0 spiro atoms. The molecular weight excluding hydrogens is 246 g/mol. The molecule has 1 atom stereocenters. The Morgan fingerprint density at radius 3 is 2.40 bits per heavy atom. The quantitative estimate of drug-likeness (QED) is 0.691. The first-order valence-corrected chi connectivity index (χ1v) is 7.47. The van der Waals surface area contributed by atoms with E-state index in [0.717, 1.165) is 23.2 Å². The van der Waals surface area contributed by atoms with Crippen molar-refractivity contribution in [3.63, 3.8) is 0 Å². The van der Waals surface area contributed by atoms with Crippen molar-refractivity contribution in [3.8, 4) is 0 Å². The van der Waals surface area contributed by atoms with Crippen molar-refractivity contribution in [2.24, 2.45) is 5.92 Å². The van der Waals surface area contributed by atoms with E-state index in [4.69, 9.17) is 4.42 Å². The van der Waals surface area contributed by atoms with Crippen molar-refractivity contribution >= 4 is 0 Å². The third-order valence-electron chi connectivity index (χ3n) is 3.85. The molecular formula is C18H26NO+. The minimum Gasteiger partial charge on any atom is -0.469 e. The summed E-state index contributed by atoms with van der Waals surface area (Å²) in [7, 11) is 4.63. The molecule has 1 heterocycles. The van der Waals surface area contributed by atoms with Gasteiger partial charge in [0.15, 0.2) is 0 Å². The van der Waals surface area contributed by atoms with Crippen LogP contribution >= 0.6 is 0 Å². The van der Waals surface area contributed by atoms with Crippen molar-refractivity contribution < 1.29 is 8.90 Å². The maximum Gasteiger partial charge on any atom is 0.104 e. The molecule has 2 rings (SSSR count). The largest absolute Gasteiger partial charge is 0.469 e. The fourth-order valence-electron chi connectivity index (χ4n) is 2.89. The highest BCUT2D eigenvalue weighted by Crippen LogP contribution is 2.18. The van der Waals surface area contributed by atoms with Crippen LogP contribution < -0.4 is 0 Å². The van der Waals surface area contributed by atoms with Gasteiger partial charge in [-0.1, -0.05) is 37.3 Å². The molecule has 0 saturated carbocycles. The van der Waals surface area contributed by atoms with Gasteiger partial charge in [0.25, 0.3) is 0 Å². The van der Waals surface area contributed by atoms with Crippen LogP contribution in [0, 0.1) is 5.92 Å². The Kier molecular flexibility index (Phi) is 5.02. The van der Waals surface area contributed by atoms with Gasteiger partial charge in [-0.15, -0.1) is 0 Å². The molecule has 0 aliphatic rings. The van der Waals surface area contributed by atoms with Gasteiger partial charge in [-0.05, 0) is 18.6 Å². The molecule has 1 unspecified atom stereocenters. The summed E-state index contributed by atoms with van der Waals surface area (Å²) in [5, 5.41) is 0. The Bertz CT molecular complexity index is 487. The lowest BCUT2D eigenvalue weighted by Crippen LogP contribution is -2.43. The second-order valence-corrected chi connectivity index (χ2v) is 6.32. The van der Waals surface area contributed by atoms with Crippen LogP contribution in [0.3, 0.4) is 0 Å². The minimum absolute atomic E-state index is 0.667. The summed E-state index contributed by atoms with van der Waals surface area (Å²) in [6.07, 6.45) is 4.00. The predicted molar refractivity (Wildman–Crippen MR) is 83.3 cm³/mol. The maximum absolute atomic E-state index is 5.49. The molecule has 0 amide bonds. The van der Waals surface area contributed by atoms with Gasteiger partial charge in [0, 0.05) is 17.9 Å². The zero-order valence-electron chi connectivity index (χ0n) is 12.9. The SMILES string of the molecule is CCC(Cc1ccco1)C[N+](C)(C)Cc1ccccc1. The second kappa shape index (κ2) is 6.76. The minimum atomic E-state index is 0.667. The van der Waals surface area contributed by atoms with E-state index in [9.17, 15) is 0 Å². The number of hydrogen-bond donors (Lipinski definition) is 0. The number of furan rings is 1.